The molecule has 3 aromatic rings. The SMILES string of the molecule is Cc1ocnc1-c1noc(C(C)(C)Oc2ccc(Cl)cc2)n1. The smallest absolute Gasteiger partial charge is 0.270 e. The molecule has 2 heterocycles. The van der Waals surface area contributed by atoms with Gasteiger partial charge < -0.3 is 13.7 Å². The Labute approximate surface area is 132 Å². The topological polar surface area (TPSA) is 74.2 Å². The first-order chi connectivity index (χ1) is 10.5. The van der Waals surface area contributed by atoms with Gasteiger partial charge in [-0.2, -0.15) is 4.98 Å². The summed E-state index contributed by atoms with van der Waals surface area (Å²) in [5.41, 5.74) is -0.242. The third kappa shape index (κ3) is 2.82. The maximum absolute atomic E-state index is 5.91. The molecule has 0 saturated carbocycles. The Kier molecular flexibility index (Phi) is 3.62. The minimum Gasteiger partial charge on any atom is -0.478 e. The van der Waals surface area contributed by atoms with Crippen LogP contribution in [0.4, 0.5) is 0 Å². The van der Waals surface area contributed by atoms with E-state index in [1.807, 2.05) is 13.8 Å². The van der Waals surface area contributed by atoms with Gasteiger partial charge in [0.2, 0.25) is 5.82 Å². The zero-order chi connectivity index (χ0) is 15.7. The number of aryl methyl sites for hydroxylation is 1. The van der Waals surface area contributed by atoms with E-state index in [2.05, 4.69) is 15.1 Å². The van der Waals surface area contributed by atoms with Crippen molar-refractivity contribution >= 4 is 11.6 Å². The minimum absolute atomic E-state index is 0.347. The Hall–Kier alpha value is -2.34. The summed E-state index contributed by atoms with van der Waals surface area (Å²) >= 11 is 5.86. The van der Waals surface area contributed by atoms with Crippen molar-refractivity contribution in [2.75, 3.05) is 0 Å². The lowest BCUT2D eigenvalue weighted by molar-refractivity contribution is 0.0692. The van der Waals surface area contributed by atoms with Crippen molar-refractivity contribution in [3.05, 3.63) is 47.3 Å². The highest BCUT2D eigenvalue weighted by Crippen LogP contribution is 2.29. The molecule has 0 fully saturated rings. The molecule has 22 heavy (non-hydrogen) atoms. The minimum atomic E-state index is -0.795. The van der Waals surface area contributed by atoms with E-state index < -0.39 is 5.60 Å². The molecule has 0 radical (unpaired) electrons. The Balaban J connectivity index is 1.85. The van der Waals surface area contributed by atoms with Gasteiger partial charge in [0.1, 0.15) is 11.5 Å². The van der Waals surface area contributed by atoms with E-state index in [9.17, 15) is 0 Å². The third-order valence-corrected chi connectivity index (χ3v) is 3.34. The second-order valence-corrected chi connectivity index (χ2v) is 5.68. The van der Waals surface area contributed by atoms with Crippen molar-refractivity contribution < 1.29 is 13.7 Å². The second-order valence-electron chi connectivity index (χ2n) is 5.25. The molecule has 0 N–H and O–H groups in total. The molecule has 0 atom stereocenters. The van der Waals surface area contributed by atoms with Crippen LogP contribution in [0.15, 0.2) is 39.6 Å². The number of benzene rings is 1. The molecular formula is C15H14ClN3O3. The summed E-state index contributed by atoms with van der Waals surface area (Å²) in [6, 6.07) is 7.07. The molecule has 0 aliphatic carbocycles. The number of halogens is 1. The van der Waals surface area contributed by atoms with Gasteiger partial charge in [-0.15, -0.1) is 0 Å². The van der Waals surface area contributed by atoms with Gasteiger partial charge in [-0.1, -0.05) is 16.8 Å². The maximum Gasteiger partial charge on any atom is 0.270 e. The number of nitrogens with zero attached hydrogens (tertiary/aromatic N) is 3. The van der Waals surface area contributed by atoms with Gasteiger partial charge in [-0.3, -0.25) is 0 Å². The number of ether oxygens (including phenoxy) is 1. The summed E-state index contributed by atoms with van der Waals surface area (Å²) in [4.78, 5) is 8.42. The van der Waals surface area contributed by atoms with E-state index in [1.165, 1.54) is 6.39 Å². The van der Waals surface area contributed by atoms with Crippen LogP contribution in [-0.4, -0.2) is 15.1 Å². The van der Waals surface area contributed by atoms with Crippen LogP contribution in [0.1, 0.15) is 25.5 Å². The molecule has 0 aliphatic rings. The van der Waals surface area contributed by atoms with Crippen LogP contribution >= 0.6 is 11.6 Å². The molecule has 0 unspecified atom stereocenters. The fourth-order valence-electron chi connectivity index (χ4n) is 1.93. The zero-order valence-electron chi connectivity index (χ0n) is 12.3. The fourth-order valence-corrected chi connectivity index (χ4v) is 2.05. The average molecular weight is 320 g/mol. The number of rotatable bonds is 4. The largest absolute Gasteiger partial charge is 0.478 e. The van der Waals surface area contributed by atoms with Gasteiger partial charge in [-0.25, -0.2) is 4.98 Å². The lowest BCUT2D eigenvalue weighted by Crippen LogP contribution is -2.25. The Morgan fingerprint density at radius 2 is 1.91 bits per heavy atom. The number of hydrogen-bond acceptors (Lipinski definition) is 6. The molecule has 114 valence electrons. The lowest BCUT2D eigenvalue weighted by Gasteiger charge is -2.22. The Bertz CT molecular complexity index is 777. The molecule has 3 rings (SSSR count). The molecular weight excluding hydrogens is 306 g/mol. The predicted molar refractivity (Wildman–Crippen MR) is 79.6 cm³/mol. The monoisotopic (exact) mass is 319 g/mol. The van der Waals surface area contributed by atoms with E-state index in [1.54, 1.807) is 31.2 Å². The summed E-state index contributed by atoms with van der Waals surface area (Å²) in [5.74, 6) is 2.00. The number of hydrogen-bond donors (Lipinski definition) is 0. The molecule has 0 aliphatic heterocycles. The van der Waals surface area contributed by atoms with Gasteiger partial charge in [0.05, 0.1) is 0 Å². The first-order valence-electron chi connectivity index (χ1n) is 6.65. The first kappa shape index (κ1) is 14.6. The van der Waals surface area contributed by atoms with Crippen LogP contribution in [0.2, 0.25) is 5.02 Å². The van der Waals surface area contributed by atoms with Gasteiger partial charge in [0, 0.05) is 5.02 Å². The predicted octanol–water partition coefficient (Wildman–Crippen LogP) is 4.00. The zero-order valence-corrected chi connectivity index (χ0v) is 13.1. The highest BCUT2D eigenvalue weighted by Gasteiger charge is 2.31. The average Bonchev–Trinajstić information content (AvgIpc) is 3.10. The summed E-state index contributed by atoms with van der Waals surface area (Å²) in [6.45, 7) is 5.47. The molecule has 0 bridgehead atoms. The third-order valence-electron chi connectivity index (χ3n) is 3.08. The number of aromatic nitrogens is 3. The van der Waals surface area contributed by atoms with E-state index in [-0.39, 0.29) is 0 Å². The van der Waals surface area contributed by atoms with Gasteiger partial charge in [0.25, 0.3) is 5.89 Å². The van der Waals surface area contributed by atoms with Crippen molar-refractivity contribution in [3.8, 4) is 17.3 Å². The normalized spacial score (nSPS) is 11.6. The van der Waals surface area contributed by atoms with Crippen molar-refractivity contribution in [3.63, 3.8) is 0 Å². The molecule has 2 aromatic heterocycles. The standard InChI is InChI=1S/C15H14ClN3O3/c1-9-12(17-8-20-9)13-18-14(22-19-13)15(2,3)21-11-6-4-10(16)5-7-11/h4-8H,1-3H3. The molecule has 0 spiro atoms. The van der Waals surface area contributed by atoms with E-state index in [0.29, 0.717) is 33.9 Å². The van der Waals surface area contributed by atoms with Crippen LogP contribution in [0.3, 0.4) is 0 Å². The summed E-state index contributed by atoms with van der Waals surface area (Å²) < 4.78 is 16.4. The molecule has 1 aromatic carbocycles. The van der Waals surface area contributed by atoms with Crippen LogP contribution in [-0.2, 0) is 5.60 Å². The van der Waals surface area contributed by atoms with Crippen molar-refractivity contribution in [1.82, 2.24) is 15.1 Å². The van der Waals surface area contributed by atoms with Crippen LogP contribution < -0.4 is 4.74 Å². The summed E-state index contributed by atoms with van der Waals surface area (Å²) in [5, 5.41) is 4.58. The van der Waals surface area contributed by atoms with Crippen molar-refractivity contribution in [1.29, 1.82) is 0 Å². The van der Waals surface area contributed by atoms with Crippen LogP contribution in [0.25, 0.3) is 11.5 Å². The summed E-state index contributed by atoms with van der Waals surface area (Å²) in [6.07, 6.45) is 1.34. The maximum atomic E-state index is 5.91. The summed E-state index contributed by atoms with van der Waals surface area (Å²) in [7, 11) is 0. The van der Waals surface area contributed by atoms with Crippen LogP contribution in [0, 0.1) is 6.92 Å². The number of oxazole rings is 1. The molecule has 0 amide bonds. The fraction of sp³-hybridized carbons (Fsp3) is 0.267. The van der Waals surface area contributed by atoms with E-state index >= 15 is 0 Å². The second kappa shape index (κ2) is 5.46. The molecule has 6 nitrogen and oxygen atoms in total. The molecule has 7 heteroatoms. The lowest BCUT2D eigenvalue weighted by atomic mass is 10.1. The van der Waals surface area contributed by atoms with Gasteiger partial charge in [0.15, 0.2) is 17.7 Å². The highest BCUT2D eigenvalue weighted by atomic mass is 35.5. The molecule has 0 saturated heterocycles. The Morgan fingerprint density at radius 1 is 1.18 bits per heavy atom. The van der Waals surface area contributed by atoms with Crippen molar-refractivity contribution in [2.45, 2.75) is 26.4 Å². The quantitative estimate of drug-likeness (QED) is 0.723. The Morgan fingerprint density at radius 3 is 2.55 bits per heavy atom. The van der Waals surface area contributed by atoms with E-state index in [0.717, 1.165) is 0 Å². The first-order valence-corrected chi connectivity index (χ1v) is 7.03. The highest BCUT2D eigenvalue weighted by molar-refractivity contribution is 6.30. The van der Waals surface area contributed by atoms with Crippen molar-refractivity contribution in [2.24, 2.45) is 0 Å². The van der Waals surface area contributed by atoms with Crippen LogP contribution in [0.5, 0.6) is 5.75 Å². The van der Waals surface area contributed by atoms with Gasteiger partial charge >= 0.3 is 0 Å². The van der Waals surface area contributed by atoms with Gasteiger partial charge in [-0.05, 0) is 45.0 Å². The van der Waals surface area contributed by atoms with E-state index in [4.69, 9.17) is 25.3 Å².